The molecule has 2 amide bonds. The molecule has 0 unspecified atom stereocenters. The predicted octanol–water partition coefficient (Wildman–Crippen LogP) is 1.68. The van der Waals surface area contributed by atoms with Crippen molar-refractivity contribution in [3.05, 3.63) is 29.8 Å². The lowest BCUT2D eigenvalue weighted by atomic mass is 10.2. The fourth-order valence-electron chi connectivity index (χ4n) is 0.977. The third kappa shape index (κ3) is 3.24. The van der Waals surface area contributed by atoms with E-state index in [1.807, 2.05) is 24.3 Å². The van der Waals surface area contributed by atoms with Crippen LogP contribution in [0.25, 0.3) is 0 Å². The number of anilines is 1. The van der Waals surface area contributed by atoms with Gasteiger partial charge in [0.15, 0.2) is 0 Å². The van der Waals surface area contributed by atoms with E-state index in [-0.39, 0.29) is 6.03 Å². The highest BCUT2D eigenvalue weighted by atomic mass is 35.5. The maximum atomic E-state index is 10.9. The molecule has 1 rings (SSSR count). The molecule has 0 atom stereocenters. The molecular weight excluding hydrogens is 202 g/mol. The number of urea groups is 1. The van der Waals surface area contributed by atoms with Gasteiger partial charge in [-0.1, -0.05) is 12.1 Å². The van der Waals surface area contributed by atoms with E-state index in [9.17, 15) is 4.79 Å². The van der Waals surface area contributed by atoms with Crippen molar-refractivity contribution in [1.82, 2.24) is 10.2 Å². The van der Waals surface area contributed by atoms with Crippen molar-refractivity contribution in [2.75, 3.05) is 12.4 Å². The zero-order valence-electron chi connectivity index (χ0n) is 7.80. The Morgan fingerprint density at radius 3 is 2.50 bits per heavy atom. The lowest BCUT2D eigenvalue weighted by Gasteiger charge is -2.04. The van der Waals surface area contributed by atoms with Crippen molar-refractivity contribution in [3.63, 3.8) is 0 Å². The zero-order chi connectivity index (χ0) is 10.4. The van der Waals surface area contributed by atoms with Crippen molar-refractivity contribution in [3.8, 4) is 0 Å². The maximum Gasteiger partial charge on any atom is 0.318 e. The van der Waals surface area contributed by atoms with E-state index in [1.165, 1.54) is 0 Å². The molecule has 0 spiro atoms. The number of amides is 2. The molecule has 0 aliphatic carbocycles. The topological polar surface area (TPSA) is 53.2 Å². The summed E-state index contributed by atoms with van der Waals surface area (Å²) in [5.41, 5.74) is 1.81. The van der Waals surface area contributed by atoms with Gasteiger partial charge in [-0.05, 0) is 29.5 Å². The molecule has 4 nitrogen and oxygen atoms in total. The van der Waals surface area contributed by atoms with E-state index in [0.29, 0.717) is 6.54 Å². The summed E-state index contributed by atoms with van der Waals surface area (Å²) in [6.07, 6.45) is 0. The summed E-state index contributed by atoms with van der Waals surface area (Å²) in [5, 5.41) is 5.13. The van der Waals surface area contributed by atoms with E-state index < -0.39 is 0 Å². The number of hydrogen-bond donors (Lipinski definition) is 3. The number of hydrogen-bond acceptors (Lipinski definition) is 2. The molecule has 0 saturated heterocycles. The fourth-order valence-corrected chi connectivity index (χ4v) is 1.13. The summed E-state index contributed by atoms with van der Waals surface area (Å²) in [4.78, 5) is 13.5. The number of carbonyl (C=O) groups excluding carboxylic acids is 1. The molecular formula is C9H12ClN3O. The van der Waals surface area contributed by atoms with Crippen LogP contribution in [0.15, 0.2) is 24.3 Å². The van der Waals surface area contributed by atoms with Gasteiger partial charge in [-0.25, -0.2) is 9.63 Å². The molecule has 1 aromatic carbocycles. The van der Waals surface area contributed by atoms with Crippen LogP contribution in [-0.4, -0.2) is 13.1 Å². The normalized spacial score (nSPS) is 9.57. The molecule has 3 N–H and O–H groups in total. The first-order valence-corrected chi connectivity index (χ1v) is 4.55. The summed E-state index contributed by atoms with van der Waals surface area (Å²) in [6, 6.07) is 7.19. The Morgan fingerprint density at radius 2 is 2.00 bits per heavy atom. The van der Waals surface area contributed by atoms with Gasteiger partial charge in [0, 0.05) is 19.3 Å². The maximum absolute atomic E-state index is 10.9. The third-order valence-electron chi connectivity index (χ3n) is 1.71. The highest BCUT2D eigenvalue weighted by molar-refractivity contribution is 6.13. The van der Waals surface area contributed by atoms with Crippen LogP contribution in [0.4, 0.5) is 10.5 Å². The van der Waals surface area contributed by atoms with E-state index >= 15 is 0 Å². The number of nitrogens with one attached hydrogen (secondary N) is 3. The van der Waals surface area contributed by atoms with E-state index in [4.69, 9.17) is 11.8 Å². The predicted molar refractivity (Wildman–Crippen MR) is 57.2 cm³/mol. The fraction of sp³-hybridized carbons (Fsp3) is 0.222. The Bertz CT molecular complexity index is 299. The molecule has 1 aromatic rings. The summed E-state index contributed by atoms with van der Waals surface area (Å²) < 4.78 is 0. The molecule has 5 heteroatoms. The molecule has 0 aromatic heterocycles. The zero-order valence-corrected chi connectivity index (χ0v) is 8.56. The van der Waals surface area contributed by atoms with Crippen LogP contribution in [0.3, 0.4) is 0 Å². The number of benzene rings is 1. The van der Waals surface area contributed by atoms with E-state index in [2.05, 4.69) is 15.5 Å². The minimum Gasteiger partial charge on any atom is -0.341 e. The van der Waals surface area contributed by atoms with Gasteiger partial charge < -0.3 is 10.6 Å². The Balaban J connectivity index is 2.59. The smallest absolute Gasteiger partial charge is 0.318 e. The minimum atomic E-state index is -0.229. The van der Waals surface area contributed by atoms with Crippen LogP contribution in [-0.2, 0) is 6.54 Å². The van der Waals surface area contributed by atoms with Crippen molar-refractivity contribution >= 4 is 23.5 Å². The van der Waals surface area contributed by atoms with Crippen LogP contribution >= 0.6 is 11.8 Å². The van der Waals surface area contributed by atoms with Gasteiger partial charge in [0.1, 0.15) is 0 Å². The highest BCUT2D eigenvalue weighted by Crippen LogP contribution is 2.09. The molecule has 0 fully saturated rings. The average Bonchev–Trinajstić information content (AvgIpc) is 2.21. The number of carbonyl (C=O) groups is 1. The lowest BCUT2D eigenvalue weighted by molar-refractivity contribution is 0.254. The first-order chi connectivity index (χ1) is 6.76. The van der Waals surface area contributed by atoms with Crippen molar-refractivity contribution in [2.45, 2.75) is 6.54 Å². The highest BCUT2D eigenvalue weighted by Gasteiger charge is 1.97. The Labute approximate surface area is 87.8 Å². The minimum absolute atomic E-state index is 0.229. The average molecular weight is 214 g/mol. The standard InChI is InChI=1S/C9H12ClN3O/c1-11-9(14)13-8-4-2-7(3-5-8)6-12-10/h2-5,12H,6H2,1H3,(H2,11,13,14). The Kier molecular flexibility index (Phi) is 4.22. The summed E-state index contributed by atoms with van der Waals surface area (Å²) in [7, 11) is 1.57. The van der Waals surface area contributed by atoms with Gasteiger partial charge >= 0.3 is 6.03 Å². The van der Waals surface area contributed by atoms with Crippen molar-refractivity contribution < 1.29 is 4.79 Å². The SMILES string of the molecule is CNC(=O)Nc1ccc(CNCl)cc1. The summed E-state index contributed by atoms with van der Waals surface area (Å²) >= 11 is 5.35. The summed E-state index contributed by atoms with van der Waals surface area (Å²) in [6.45, 7) is 0.599. The molecule has 0 saturated carbocycles. The quantitative estimate of drug-likeness (QED) is 0.670. The lowest BCUT2D eigenvalue weighted by Crippen LogP contribution is -2.24. The van der Waals surface area contributed by atoms with Crippen LogP contribution < -0.4 is 15.5 Å². The molecule has 76 valence electrons. The Morgan fingerprint density at radius 1 is 1.36 bits per heavy atom. The van der Waals surface area contributed by atoms with Gasteiger partial charge in [-0.15, -0.1) is 0 Å². The second-order valence-corrected chi connectivity index (χ2v) is 2.98. The molecule has 0 radical (unpaired) electrons. The molecule has 0 heterocycles. The molecule has 0 bridgehead atoms. The van der Waals surface area contributed by atoms with Gasteiger partial charge in [0.2, 0.25) is 0 Å². The van der Waals surface area contributed by atoms with Gasteiger partial charge in [-0.2, -0.15) is 0 Å². The van der Waals surface area contributed by atoms with Gasteiger partial charge in [-0.3, -0.25) is 0 Å². The first kappa shape index (κ1) is 10.8. The second-order valence-electron chi connectivity index (χ2n) is 2.71. The van der Waals surface area contributed by atoms with E-state index in [1.54, 1.807) is 7.05 Å². The summed E-state index contributed by atoms with van der Waals surface area (Å²) in [5.74, 6) is 0. The van der Waals surface area contributed by atoms with Gasteiger partial charge in [0.25, 0.3) is 0 Å². The van der Waals surface area contributed by atoms with Crippen LogP contribution in [0.1, 0.15) is 5.56 Å². The van der Waals surface area contributed by atoms with Crippen LogP contribution in [0.5, 0.6) is 0 Å². The Hall–Kier alpha value is -1.26. The first-order valence-electron chi connectivity index (χ1n) is 4.17. The van der Waals surface area contributed by atoms with Gasteiger partial charge in [0.05, 0.1) is 0 Å². The molecule has 14 heavy (non-hydrogen) atoms. The van der Waals surface area contributed by atoms with Crippen LogP contribution in [0, 0.1) is 0 Å². The van der Waals surface area contributed by atoms with Crippen molar-refractivity contribution in [1.29, 1.82) is 0 Å². The third-order valence-corrected chi connectivity index (χ3v) is 1.84. The monoisotopic (exact) mass is 213 g/mol. The van der Waals surface area contributed by atoms with Crippen molar-refractivity contribution in [2.24, 2.45) is 0 Å². The molecule has 0 aliphatic heterocycles. The number of rotatable bonds is 3. The second kappa shape index (κ2) is 5.47. The van der Waals surface area contributed by atoms with Crippen LogP contribution in [0.2, 0.25) is 0 Å². The number of halogens is 1. The van der Waals surface area contributed by atoms with E-state index in [0.717, 1.165) is 11.3 Å². The molecule has 0 aliphatic rings. The largest absolute Gasteiger partial charge is 0.341 e.